The van der Waals surface area contributed by atoms with E-state index in [2.05, 4.69) is 0 Å². The van der Waals surface area contributed by atoms with Crippen LogP contribution in [0.3, 0.4) is 0 Å². The third kappa shape index (κ3) is 5.42. The molecule has 0 bridgehead atoms. The highest BCUT2D eigenvalue weighted by molar-refractivity contribution is 8.18. The van der Waals surface area contributed by atoms with Crippen molar-refractivity contribution in [3.05, 3.63) is 110 Å². The molecule has 0 aliphatic carbocycles. The molecular weight excluding hydrogens is 464 g/mol. The molecule has 9 heteroatoms. The Kier molecular flexibility index (Phi) is 6.76. The number of imide groups is 1. The topological polar surface area (TPSA) is 89.7 Å². The molecule has 1 aliphatic heterocycles. The van der Waals surface area contributed by atoms with E-state index in [0.717, 1.165) is 17.3 Å². The first-order valence-corrected chi connectivity index (χ1v) is 11.0. The molecular formula is C24H17ClN2O5S. The van der Waals surface area contributed by atoms with Crippen molar-refractivity contribution in [1.82, 2.24) is 4.90 Å². The summed E-state index contributed by atoms with van der Waals surface area (Å²) in [6.45, 7) is 0.165. The summed E-state index contributed by atoms with van der Waals surface area (Å²) in [5, 5.41) is 11.3. The van der Waals surface area contributed by atoms with Crippen molar-refractivity contribution >= 4 is 46.3 Å². The van der Waals surface area contributed by atoms with Crippen LogP contribution in [0.5, 0.6) is 5.75 Å². The van der Waals surface area contributed by atoms with Crippen molar-refractivity contribution < 1.29 is 19.2 Å². The Balaban J connectivity index is 1.47. The van der Waals surface area contributed by atoms with E-state index < -0.39 is 4.92 Å². The Labute approximate surface area is 198 Å². The van der Waals surface area contributed by atoms with E-state index in [0.29, 0.717) is 26.8 Å². The summed E-state index contributed by atoms with van der Waals surface area (Å²) in [6.07, 6.45) is 1.63. The average Bonchev–Trinajstić information content (AvgIpc) is 3.05. The second-order valence-electron chi connectivity index (χ2n) is 7.14. The van der Waals surface area contributed by atoms with Gasteiger partial charge in [0, 0.05) is 11.1 Å². The number of nitro benzene ring substituents is 1. The predicted octanol–water partition coefficient (Wildman–Crippen LogP) is 6.06. The Bertz CT molecular complexity index is 1280. The molecule has 0 aromatic heterocycles. The van der Waals surface area contributed by atoms with E-state index in [1.807, 2.05) is 0 Å². The molecule has 3 aromatic rings. The van der Waals surface area contributed by atoms with Crippen LogP contribution >= 0.6 is 23.4 Å². The standard InChI is InChI=1S/C24H17ClN2O5S/c25-19-8-3-6-17(11-19)14-26-23(28)22(33-24(26)29)13-16-5-4-9-20(12-16)32-15-18-7-1-2-10-21(18)27(30)31/h1-13H,14-15H2/b22-13-. The summed E-state index contributed by atoms with van der Waals surface area (Å²) >= 11 is 6.86. The summed E-state index contributed by atoms with van der Waals surface area (Å²) < 4.78 is 5.73. The van der Waals surface area contributed by atoms with Gasteiger partial charge in [0.2, 0.25) is 0 Å². The fraction of sp³-hybridized carbons (Fsp3) is 0.0833. The number of nitrogens with zero attached hydrogens (tertiary/aromatic N) is 2. The summed E-state index contributed by atoms with van der Waals surface area (Å²) in [4.78, 5) is 37.4. The lowest BCUT2D eigenvalue weighted by molar-refractivity contribution is -0.385. The van der Waals surface area contributed by atoms with E-state index in [-0.39, 0.29) is 30.0 Å². The van der Waals surface area contributed by atoms with E-state index >= 15 is 0 Å². The number of amides is 2. The molecule has 3 aromatic carbocycles. The van der Waals surface area contributed by atoms with Gasteiger partial charge in [-0.15, -0.1) is 0 Å². The number of nitro groups is 1. The minimum atomic E-state index is -0.450. The second-order valence-corrected chi connectivity index (χ2v) is 8.57. The van der Waals surface area contributed by atoms with Crippen molar-refractivity contribution in [3.63, 3.8) is 0 Å². The number of ether oxygens (including phenoxy) is 1. The number of hydrogen-bond acceptors (Lipinski definition) is 6. The van der Waals surface area contributed by atoms with Crippen molar-refractivity contribution in [3.8, 4) is 5.75 Å². The van der Waals surface area contributed by atoms with Crippen LogP contribution in [0.15, 0.2) is 77.7 Å². The molecule has 1 fully saturated rings. The first-order chi connectivity index (χ1) is 15.9. The molecule has 33 heavy (non-hydrogen) atoms. The van der Waals surface area contributed by atoms with Gasteiger partial charge >= 0.3 is 0 Å². The van der Waals surface area contributed by atoms with Gasteiger partial charge in [0.15, 0.2) is 0 Å². The molecule has 1 aliphatic rings. The molecule has 0 N–H and O–H groups in total. The van der Waals surface area contributed by atoms with Crippen molar-refractivity contribution in [2.45, 2.75) is 13.2 Å². The van der Waals surface area contributed by atoms with Crippen molar-refractivity contribution in [1.29, 1.82) is 0 Å². The van der Waals surface area contributed by atoms with Gasteiger partial charge in [-0.1, -0.05) is 48.0 Å². The Hall–Kier alpha value is -3.62. The van der Waals surface area contributed by atoms with Crippen LogP contribution in [0, 0.1) is 10.1 Å². The van der Waals surface area contributed by atoms with Gasteiger partial charge in [0.1, 0.15) is 12.4 Å². The average molecular weight is 481 g/mol. The maximum atomic E-state index is 12.8. The molecule has 0 atom stereocenters. The number of carbonyl (C=O) groups excluding carboxylic acids is 2. The smallest absolute Gasteiger partial charge is 0.293 e. The number of rotatable bonds is 7. The lowest BCUT2D eigenvalue weighted by Gasteiger charge is -2.12. The minimum absolute atomic E-state index is 0.0120. The Morgan fingerprint density at radius 3 is 2.61 bits per heavy atom. The molecule has 1 heterocycles. The number of carbonyl (C=O) groups is 2. The van der Waals surface area contributed by atoms with Crippen molar-refractivity contribution in [2.75, 3.05) is 0 Å². The fourth-order valence-corrected chi connectivity index (χ4v) is 4.32. The van der Waals surface area contributed by atoms with Gasteiger partial charge in [-0.3, -0.25) is 24.6 Å². The lowest BCUT2D eigenvalue weighted by atomic mass is 10.1. The largest absolute Gasteiger partial charge is 0.489 e. The SMILES string of the molecule is O=C1S/C(=C\c2cccc(OCc3ccccc3[N+](=O)[O-])c2)C(=O)N1Cc1cccc(Cl)c1. The minimum Gasteiger partial charge on any atom is -0.489 e. The van der Waals surface area contributed by atoms with Crippen LogP contribution < -0.4 is 4.74 Å². The lowest BCUT2D eigenvalue weighted by Crippen LogP contribution is -2.27. The highest BCUT2D eigenvalue weighted by Crippen LogP contribution is 2.34. The maximum absolute atomic E-state index is 12.8. The molecule has 0 unspecified atom stereocenters. The second kappa shape index (κ2) is 9.89. The van der Waals surface area contributed by atoms with Gasteiger partial charge in [-0.05, 0) is 59.3 Å². The zero-order valence-corrected chi connectivity index (χ0v) is 18.7. The molecule has 2 amide bonds. The van der Waals surface area contributed by atoms with Crippen LogP contribution in [-0.2, 0) is 17.9 Å². The highest BCUT2D eigenvalue weighted by Gasteiger charge is 2.35. The molecule has 7 nitrogen and oxygen atoms in total. The molecule has 0 radical (unpaired) electrons. The normalized spacial score (nSPS) is 14.7. The summed E-state index contributed by atoms with van der Waals surface area (Å²) in [5.74, 6) is 0.108. The Morgan fingerprint density at radius 2 is 1.82 bits per heavy atom. The number of thioether (sulfide) groups is 1. The third-order valence-corrected chi connectivity index (χ3v) is 5.98. The monoisotopic (exact) mass is 480 g/mol. The van der Waals surface area contributed by atoms with Gasteiger partial charge in [0.05, 0.1) is 21.9 Å². The first-order valence-electron chi connectivity index (χ1n) is 9.86. The zero-order valence-electron chi connectivity index (χ0n) is 17.1. The predicted molar refractivity (Wildman–Crippen MR) is 127 cm³/mol. The number of para-hydroxylation sites is 1. The summed E-state index contributed by atoms with van der Waals surface area (Å²) in [5.41, 5.74) is 1.87. The van der Waals surface area contributed by atoms with Crippen LogP contribution in [-0.4, -0.2) is 21.0 Å². The molecule has 1 saturated heterocycles. The molecule has 166 valence electrons. The van der Waals surface area contributed by atoms with E-state index in [4.69, 9.17) is 16.3 Å². The molecule has 0 spiro atoms. The highest BCUT2D eigenvalue weighted by atomic mass is 35.5. The van der Waals surface area contributed by atoms with E-state index in [9.17, 15) is 19.7 Å². The maximum Gasteiger partial charge on any atom is 0.293 e. The first kappa shape index (κ1) is 22.6. The van der Waals surface area contributed by atoms with Gasteiger partial charge in [-0.2, -0.15) is 0 Å². The fourth-order valence-electron chi connectivity index (χ4n) is 3.27. The van der Waals surface area contributed by atoms with Gasteiger partial charge < -0.3 is 4.74 Å². The summed E-state index contributed by atoms with van der Waals surface area (Å²) in [6, 6.07) is 20.3. The third-order valence-electron chi connectivity index (χ3n) is 4.84. The Morgan fingerprint density at radius 1 is 1.03 bits per heavy atom. The van der Waals surface area contributed by atoms with Gasteiger partial charge in [-0.25, -0.2) is 0 Å². The quantitative estimate of drug-likeness (QED) is 0.232. The number of benzene rings is 3. The van der Waals surface area contributed by atoms with Crippen LogP contribution in [0.25, 0.3) is 6.08 Å². The van der Waals surface area contributed by atoms with Crippen molar-refractivity contribution in [2.24, 2.45) is 0 Å². The molecule has 0 saturated carbocycles. The van der Waals surface area contributed by atoms with Crippen LogP contribution in [0.1, 0.15) is 16.7 Å². The van der Waals surface area contributed by atoms with E-state index in [1.54, 1.807) is 72.8 Å². The van der Waals surface area contributed by atoms with E-state index in [1.165, 1.54) is 11.0 Å². The van der Waals surface area contributed by atoms with Gasteiger partial charge in [0.25, 0.3) is 16.8 Å². The van der Waals surface area contributed by atoms with Crippen LogP contribution in [0.2, 0.25) is 5.02 Å². The number of halogens is 1. The van der Waals surface area contributed by atoms with Crippen LogP contribution in [0.4, 0.5) is 10.5 Å². The molecule has 4 rings (SSSR count). The summed E-state index contributed by atoms with van der Waals surface area (Å²) in [7, 11) is 0. The zero-order chi connectivity index (χ0) is 23.4. The number of hydrogen-bond donors (Lipinski definition) is 0.